The number of hydrogen-bond acceptors (Lipinski definition) is 5. The number of aromatic nitrogens is 1. The van der Waals surface area contributed by atoms with E-state index < -0.39 is 24.8 Å². The highest BCUT2D eigenvalue weighted by molar-refractivity contribution is 7.51. The third-order valence-corrected chi connectivity index (χ3v) is 2.94. The van der Waals surface area contributed by atoms with Gasteiger partial charge in [-0.25, -0.2) is 0 Å². The topological polar surface area (TPSA) is 128 Å². The summed E-state index contributed by atoms with van der Waals surface area (Å²) in [7, 11) is -4.81. The van der Waals surface area contributed by atoms with Crippen LogP contribution in [0.5, 0.6) is 5.75 Å². The third-order valence-electron chi connectivity index (χ3n) is 2.02. The molecule has 1 heterocycles. The molecule has 0 saturated carbocycles. The van der Waals surface area contributed by atoms with Crippen molar-refractivity contribution in [1.29, 1.82) is 0 Å². The van der Waals surface area contributed by atoms with Crippen LogP contribution in [0.1, 0.15) is 27.5 Å². The Kier molecular flexibility index (Phi) is 3.44. The quantitative estimate of drug-likeness (QED) is 0.439. The fourth-order valence-electron chi connectivity index (χ4n) is 1.14. The monoisotopic (exact) mass is 247 g/mol. The van der Waals surface area contributed by atoms with E-state index in [9.17, 15) is 19.6 Å². The minimum absolute atomic E-state index is 0.128. The lowest BCUT2D eigenvalue weighted by atomic mass is 10.1. The maximum atomic E-state index is 10.8. The van der Waals surface area contributed by atoms with E-state index in [4.69, 9.17) is 9.79 Å². The van der Waals surface area contributed by atoms with Crippen molar-refractivity contribution in [2.24, 2.45) is 0 Å². The molecule has 0 spiro atoms. The number of rotatable bonds is 3. The summed E-state index contributed by atoms with van der Waals surface area (Å²) < 4.78 is 10.8. The lowest BCUT2D eigenvalue weighted by Crippen LogP contribution is -2.05. The number of carbonyl (C=O) groups is 1. The molecule has 0 fully saturated rings. The number of nitrogens with zero attached hydrogens (tertiary/aromatic N) is 1. The summed E-state index contributed by atoms with van der Waals surface area (Å²) in [6, 6.07) is 0. The first-order valence-electron chi connectivity index (χ1n) is 4.16. The van der Waals surface area contributed by atoms with E-state index in [2.05, 4.69) is 4.98 Å². The zero-order valence-corrected chi connectivity index (χ0v) is 9.13. The Morgan fingerprint density at radius 3 is 2.50 bits per heavy atom. The molecule has 88 valence electrons. The SMILES string of the molecule is Cc1ncc(C(O)P(=O)(O)O)c(C=O)c1O. The molecule has 0 aliphatic heterocycles. The lowest BCUT2D eigenvalue weighted by molar-refractivity contribution is 0.111. The molecule has 1 aromatic heterocycles. The van der Waals surface area contributed by atoms with E-state index >= 15 is 0 Å². The van der Waals surface area contributed by atoms with E-state index in [0.29, 0.717) is 0 Å². The van der Waals surface area contributed by atoms with Crippen LogP contribution < -0.4 is 0 Å². The number of aromatic hydroxyl groups is 1. The number of pyridine rings is 1. The minimum Gasteiger partial charge on any atom is -0.505 e. The molecule has 0 aromatic carbocycles. The average molecular weight is 247 g/mol. The fraction of sp³-hybridized carbons (Fsp3) is 0.250. The Hall–Kier alpha value is -1.27. The van der Waals surface area contributed by atoms with Crippen LogP contribution in [-0.4, -0.2) is 31.3 Å². The van der Waals surface area contributed by atoms with Crippen molar-refractivity contribution in [3.8, 4) is 5.75 Å². The third kappa shape index (κ3) is 2.28. The minimum atomic E-state index is -4.81. The van der Waals surface area contributed by atoms with Crippen LogP contribution in [0.3, 0.4) is 0 Å². The molecule has 4 N–H and O–H groups in total. The van der Waals surface area contributed by atoms with Crippen LogP contribution in [0.15, 0.2) is 6.20 Å². The van der Waals surface area contributed by atoms with Crippen molar-refractivity contribution in [1.82, 2.24) is 4.98 Å². The molecule has 0 saturated heterocycles. The summed E-state index contributed by atoms with van der Waals surface area (Å²) in [6.45, 7) is 1.41. The van der Waals surface area contributed by atoms with E-state index in [1.807, 2.05) is 0 Å². The highest BCUT2D eigenvalue weighted by Gasteiger charge is 2.31. The maximum absolute atomic E-state index is 10.8. The van der Waals surface area contributed by atoms with E-state index in [1.54, 1.807) is 0 Å². The van der Waals surface area contributed by atoms with Gasteiger partial charge >= 0.3 is 7.60 Å². The van der Waals surface area contributed by atoms with Gasteiger partial charge in [0.25, 0.3) is 0 Å². The van der Waals surface area contributed by atoms with Crippen molar-refractivity contribution >= 4 is 13.9 Å². The highest BCUT2D eigenvalue weighted by atomic mass is 31.2. The molecule has 0 amide bonds. The van der Waals surface area contributed by atoms with E-state index in [-0.39, 0.29) is 17.5 Å². The number of aldehydes is 1. The number of aliphatic hydroxyl groups is 1. The van der Waals surface area contributed by atoms with Gasteiger partial charge in [0.05, 0.1) is 11.3 Å². The largest absolute Gasteiger partial charge is 0.505 e. The molecule has 8 heteroatoms. The van der Waals surface area contributed by atoms with Gasteiger partial charge in [-0.2, -0.15) is 0 Å². The zero-order valence-electron chi connectivity index (χ0n) is 8.23. The van der Waals surface area contributed by atoms with Gasteiger partial charge in [0.2, 0.25) is 0 Å². The first-order chi connectivity index (χ1) is 7.29. The van der Waals surface area contributed by atoms with Crippen LogP contribution in [0, 0.1) is 6.92 Å². The number of aryl methyl sites for hydroxylation is 1. The molecule has 0 aliphatic rings. The normalized spacial score (nSPS) is 13.5. The van der Waals surface area contributed by atoms with Crippen LogP contribution in [0.2, 0.25) is 0 Å². The molecule has 1 atom stereocenters. The predicted octanol–water partition coefficient (Wildman–Crippen LogP) is 0.0767. The Bertz CT molecular complexity index is 468. The Morgan fingerprint density at radius 2 is 2.06 bits per heavy atom. The highest BCUT2D eigenvalue weighted by Crippen LogP contribution is 2.51. The van der Waals surface area contributed by atoms with Gasteiger partial charge in [0.1, 0.15) is 5.75 Å². The van der Waals surface area contributed by atoms with Crippen molar-refractivity contribution < 1.29 is 29.4 Å². The van der Waals surface area contributed by atoms with E-state index in [0.717, 1.165) is 6.20 Å². The summed E-state index contributed by atoms with van der Waals surface area (Å²) in [5.41, 5.74) is -0.640. The van der Waals surface area contributed by atoms with Gasteiger partial charge in [-0.05, 0) is 6.92 Å². The molecule has 1 rings (SSSR count). The van der Waals surface area contributed by atoms with Crippen molar-refractivity contribution in [2.45, 2.75) is 12.8 Å². The fourth-order valence-corrected chi connectivity index (χ4v) is 1.71. The van der Waals surface area contributed by atoms with Gasteiger partial charge in [-0.3, -0.25) is 14.3 Å². The van der Waals surface area contributed by atoms with Crippen molar-refractivity contribution in [3.63, 3.8) is 0 Å². The number of hydrogen-bond donors (Lipinski definition) is 4. The molecule has 7 nitrogen and oxygen atoms in total. The molecule has 0 aliphatic carbocycles. The first-order valence-corrected chi connectivity index (χ1v) is 5.84. The number of carbonyl (C=O) groups excluding carboxylic acids is 1. The van der Waals surface area contributed by atoms with Crippen LogP contribution in [0.4, 0.5) is 0 Å². The van der Waals surface area contributed by atoms with Crippen LogP contribution in [-0.2, 0) is 4.57 Å². The molecule has 16 heavy (non-hydrogen) atoms. The molecule has 1 unspecified atom stereocenters. The van der Waals surface area contributed by atoms with Gasteiger partial charge in [-0.15, -0.1) is 0 Å². The molecule has 0 bridgehead atoms. The van der Waals surface area contributed by atoms with Crippen molar-refractivity contribution in [2.75, 3.05) is 0 Å². The van der Waals surface area contributed by atoms with Crippen LogP contribution in [0.25, 0.3) is 0 Å². The second-order valence-corrected chi connectivity index (χ2v) is 4.81. The summed E-state index contributed by atoms with van der Waals surface area (Å²) in [6.07, 6.45) is 1.15. The van der Waals surface area contributed by atoms with Crippen LogP contribution >= 0.6 is 7.60 Å². The standard InChI is InChI=1S/C8H10NO6P/c1-4-7(11)6(3-10)5(2-9-4)8(12)16(13,14)15/h2-3,8,11-12H,1H3,(H2,13,14,15). The zero-order chi connectivity index (χ0) is 12.5. The Labute approximate surface area is 90.5 Å². The summed E-state index contributed by atoms with van der Waals surface area (Å²) in [5.74, 6) is -2.67. The number of aliphatic hydroxyl groups excluding tert-OH is 1. The average Bonchev–Trinajstić information content (AvgIpc) is 2.19. The lowest BCUT2D eigenvalue weighted by Gasteiger charge is -2.15. The van der Waals surface area contributed by atoms with Gasteiger partial charge < -0.3 is 20.0 Å². The van der Waals surface area contributed by atoms with E-state index in [1.165, 1.54) is 6.92 Å². The summed E-state index contributed by atoms with van der Waals surface area (Å²) >= 11 is 0. The molecular weight excluding hydrogens is 237 g/mol. The van der Waals surface area contributed by atoms with Gasteiger partial charge in [0.15, 0.2) is 12.1 Å². The second-order valence-electron chi connectivity index (χ2n) is 3.14. The Morgan fingerprint density at radius 1 is 1.50 bits per heavy atom. The smallest absolute Gasteiger partial charge is 0.358 e. The van der Waals surface area contributed by atoms with Gasteiger partial charge in [0, 0.05) is 11.8 Å². The second kappa shape index (κ2) is 4.31. The summed E-state index contributed by atoms with van der Waals surface area (Å²) in [4.78, 5) is 31.8. The predicted molar refractivity (Wildman–Crippen MR) is 53.0 cm³/mol. The molecular formula is C8H10NO6P. The molecule has 0 radical (unpaired) electrons. The molecule has 1 aromatic rings. The summed E-state index contributed by atoms with van der Waals surface area (Å²) in [5, 5.41) is 18.7. The Balaban J connectivity index is 3.41. The first kappa shape index (κ1) is 12.8. The van der Waals surface area contributed by atoms with Gasteiger partial charge in [-0.1, -0.05) is 0 Å². The maximum Gasteiger partial charge on any atom is 0.358 e. The van der Waals surface area contributed by atoms with Crippen molar-refractivity contribution in [3.05, 3.63) is 23.0 Å².